The third-order valence-corrected chi connectivity index (χ3v) is 4.97. The molecule has 0 aromatic heterocycles. The summed E-state index contributed by atoms with van der Waals surface area (Å²) in [6.07, 6.45) is 0.304. The summed E-state index contributed by atoms with van der Waals surface area (Å²) >= 11 is 0. The molecule has 0 radical (unpaired) electrons. The molecule has 0 heterocycles. The fourth-order valence-corrected chi connectivity index (χ4v) is 3.49. The van der Waals surface area contributed by atoms with Crippen LogP contribution in [0.4, 0.5) is 0 Å². The van der Waals surface area contributed by atoms with Crippen LogP contribution in [0.2, 0.25) is 0 Å². The van der Waals surface area contributed by atoms with Gasteiger partial charge in [-0.3, -0.25) is 4.79 Å². The van der Waals surface area contributed by atoms with Gasteiger partial charge in [-0.1, -0.05) is 44.2 Å². The molecule has 0 spiro atoms. The van der Waals surface area contributed by atoms with E-state index >= 15 is 0 Å². The first-order chi connectivity index (χ1) is 11.3. The Morgan fingerprint density at radius 2 is 1.83 bits per heavy atom. The average molecular weight is 355 g/mol. The summed E-state index contributed by atoms with van der Waals surface area (Å²) in [4.78, 5) is 23.8. The molecule has 0 aliphatic heterocycles. The number of nitrogens with one attached hydrogen (secondary N) is 1. The number of amides is 1. The summed E-state index contributed by atoms with van der Waals surface area (Å²) in [5.74, 6) is -2.01. The fourth-order valence-electron chi connectivity index (χ4n) is 2.48. The van der Waals surface area contributed by atoms with Crippen molar-refractivity contribution in [2.24, 2.45) is 11.8 Å². The molecule has 0 saturated carbocycles. The van der Waals surface area contributed by atoms with Gasteiger partial charge in [0.2, 0.25) is 5.91 Å². The Kier molecular flexibility index (Phi) is 8.72. The maximum absolute atomic E-state index is 12.5. The van der Waals surface area contributed by atoms with Crippen LogP contribution in [0.3, 0.4) is 0 Å². The topological polar surface area (TPSA) is 104 Å². The van der Waals surface area contributed by atoms with Gasteiger partial charge in [-0.2, -0.15) is 0 Å². The van der Waals surface area contributed by atoms with E-state index in [4.69, 9.17) is 5.11 Å². The molecule has 7 heteroatoms. The van der Waals surface area contributed by atoms with Gasteiger partial charge in [0.05, 0.1) is 6.35 Å². The second-order valence-electron chi connectivity index (χ2n) is 6.32. The molecule has 0 fully saturated rings. The van der Waals surface area contributed by atoms with Crippen LogP contribution >= 0.6 is 7.80 Å². The lowest BCUT2D eigenvalue weighted by Crippen LogP contribution is -2.45. The number of aliphatic hydroxyl groups is 1. The molecule has 3 N–H and O–H groups in total. The van der Waals surface area contributed by atoms with Crippen LogP contribution in [0, 0.1) is 11.8 Å². The number of carboxylic acid groups (broad SMARTS) is 1. The molecule has 0 bridgehead atoms. The number of hydrogen-bond acceptors (Lipinski definition) is 4. The minimum absolute atomic E-state index is 0.0654. The molecule has 2 unspecified atom stereocenters. The van der Waals surface area contributed by atoms with Gasteiger partial charge in [-0.15, -0.1) is 0 Å². The maximum atomic E-state index is 12.5. The van der Waals surface area contributed by atoms with Gasteiger partial charge in [0.25, 0.3) is 0 Å². The van der Waals surface area contributed by atoms with Crippen molar-refractivity contribution in [3.05, 3.63) is 35.9 Å². The van der Waals surface area contributed by atoms with Crippen molar-refractivity contribution in [3.8, 4) is 0 Å². The summed E-state index contributed by atoms with van der Waals surface area (Å²) < 4.78 is 11.8. The standard InChI is InChI=1S/C17H26NO5P/c1-12(2)8-15(17(21)22)18-16(20)14(10-24(23)11-19)9-13-6-4-3-5-7-13/h3-7,12,14-15,19,24H,8-11H2,1-2H3,(H,18,20)(H,21,22)/t14?,15-/m0/s1. The first-order valence-corrected chi connectivity index (χ1v) is 9.85. The molecule has 134 valence electrons. The van der Waals surface area contributed by atoms with Gasteiger partial charge in [-0.05, 0) is 24.3 Å². The highest BCUT2D eigenvalue weighted by Crippen LogP contribution is 2.25. The van der Waals surface area contributed by atoms with E-state index in [9.17, 15) is 19.3 Å². The number of rotatable bonds is 10. The Morgan fingerprint density at radius 3 is 2.33 bits per heavy atom. The maximum Gasteiger partial charge on any atom is 0.326 e. The SMILES string of the molecule is CC(C)C[C@H](NC(=O)C(Cc1ccccc1)C[PH](=O)CO)C(=O)O. The highest BCUT2D eigenvalue weighted by molar-refractivity contribution is 7.44. The number of carboxylic acids is 1. The molecular weight excluding hydrogens is 329 g/mol. The Morgan fingerprint density at radius 1 is 1.21 bits per heavy atom. The number of hydrogen-bond donors (Lipinski definition) is 3. The van der Waals surface area contributed by atoms with Crippen molar-refractivity contribution in [1.82, 2.24) is 5.32 Å². The highest BCUT2D eigenvalue weighted by atomic mass is 31.1. The molecule has 1 rings (SSSR count). The molecule has 0 aliphatic rings. The normalized spacial score (nSPS) is 14.8. The zero-order chi connectivity index (χ0) is 18.1. The number of benzene rings is 1. The predicted molar refractivity (Wildman–Crippen MR) is 93.6 cm³/mol. The zero-order valence-corrected chi connectivity index (χ0v) is 15.1. The molecular formula is C17H26NO5P. The van der Waals surface area contributed by atoms with Crippen LogP contribution in [0.1, 0.15) is 25.8 Å². The minimum Gasteiger partial charge on any atom is -0.480 e. The molecule has 6 nitrogen and oxygen atoms in total. The fraction of sp³-hybridized carbons (Fsp3) is 0.529. The summed E-state index contributed by atoms with van der Waals surface area (Å²) in [5.41, 5.74) is 0.904. The van der Waals surface area contributed by atoms with E-state index < -0.39 is 38.0 Å². The Hall–Kier alpha value is -1.65. The molecule has 1 aromatic rings. The van der Waals surface area contributed by atoms with E-state index in [-0.39, 0.29) is 12.1 Å². The van der Waals surface area contributed by atoms with Gasteiger partial charge in [0, 0.05) is 12.1 Å². The predicted octanol–water partition coefficient (Wildman–Crippen LogP) is 1.97. The van der Waals surface area contributed by atoms with E-state index in [0.717, 1.165) is 5.56 Å². The first kappa shape index (κ1) is 20.4. The lowest BCUT2D eigenvalue weighted by molar-refractivity contribution is -0.142. The van der Waals surface area contributed by atoms with Crippen LogP contribution in [-0.4, -0.2) is 40.6 Å². The van der Waals surface area contributed by atoms with Crippen LogP contribution < -0.4 is 5.32 Å². The molecule has 0 aliphatic carbocycles. The van der Waals surface area contributed by atoms with Crippen LogP contribution in [0.15, 0.2) is 30.3 Å². The minimum atomic E-state index is -2.27. The van der Waals surface area contributed by atoms with Crippen molar-refractivity contribution in [2.75, 3.05) is 12.5 Å². The van der Waals surface area contributed by atoms with Crippen molar-refractivity contribution in [2.45, 2.75) is 32.7 Å². The van der Waals surface area contributed by atoms with Crippen LogP contribution in [0.5, 0.6) is 0 Å². The number of aliphatic carboxylic acids is 1. The summed E-state index contributed by atoms with van der Waals surface area (Å²) in [7, 11) is -2.27. The van der Waals surface area contributed by atoms with E-state index in [2.05, 4.69) is 5.32 Å². The summed E-state index contributed by atoms with van der Waals surface area (Å²) in [6, 6.07) is 8.31. The molecule has 0 saturated heterocycles. The highest BCUT2D eigenvalue weighted by Gasteiger charge is 2.27. The first-order valence-electron chi connectivity index (χ1n) is 8.03. The number of carbonyl (C=O) groups is 2. The lowest BCUT2D eigenvalue weighted by atomic mass is 9.98. The quantitative estimate of drug-likeness (QED) is 0.557. The smallest absolute Gasteiger partial charge is 0.326 e. The monoisotopic (exact) mass is 355 g/mol. The van der Waals surface area contributed by atoms with Crippen molar-refractivity contribution in [3.63, 3.8) is 0 Å². The molecule has 1 amide bonds. The van der Waals surface area contributed by atoms with Crippen molar-refractivity contribution >= 4 is 19.7 Å². The lowest BCUT2D eigenvalue weighted by Gasteiger charge is -2.21. The number of carbonyl (C=O) groups excluding carboxylic acids is 1. The van der Waals surface area contributed by atoms with Crippen molar-refractivity contribution in [1.29, 1.82) is 0 Å². The molecule has 1 aromatic carbocycles. The second kappa shape index (κ2) is 10.3. The second-order valence-corrected chi connectivity index (χ2v) is 8.12. The van der Waals surface area contributed by atoms with Crippen LogP contribution in [-0.2, 0) is 20.6 Å². The van der Waals surface area contributed by atoms with E-state index in [0.29, 0.717) is 12.8 Å². The van der Waals surface area contributed by atoms with Gasteiger partial charge in [0.15, 0.2) is 0 Å². The van der Waals surface area contributed by atoms with Gasteiger partial charge in [0.1, 0.15) is 13.8 Å². The Labute approximate surface area is 143 Å². The van der Waals surface area contributed by atoms with E-state index in [1.165, 1.54) is 0 Å². The third-order valence-electron chi connectivity index (χ3n) is 3.67. The Balaban J connectivity index is 2.85. The van der Waals surface area contributed by atoms with Gasteiger partial charge < -0.3 is 20.1 Å². The Bertz CT molecular complexity index is 561. The van der Waals surface area contributed by atoms with E-state index in [1.54, 1.807) is 0 Å². The average Bonchev–Trinajstić information content (AvgIpc) is 2.53. The largest absolute Gasteiger partial charge is 0.480 e. The zero-order valence-electron chi connectivity index (χ0n) is 14.1. The molecule has 3 atom stereocenters. The summed E-state index contributed by atoms with van der Waals surface area (Å²) in [5, 5.41) is 20.8. The van der Waals surface area contributed by atoms with Crippen molar-refractivity contribution < 1.29 is 24.4 Å². The number of aliphatic hydroxyl groups excluding tert-OH is 1. The summed E-state index contributed by atoms with van der Waals surface area (Å²) in [6.45, 7) is 3.77. The van der Waals surface area contributed by atoms with E-state index in [1.807, 2.05) is 44.2 Å². The third kappa shape index (κ3) is 7.28. The van der Waals surface area contributed by atoms with Crippen LogP contribution in [0.25, 0.3) is 0 Å². The molecule has 24 heavy (non-hydrogen) atoms. The van der Waals surface area contributed by atoms with Gasteiger partial charge >= 0.3 is 5.97 Å². The van der Waals surface area contributed by atoms with Gasteiger partial charge in [-0.25, -0.2) is 4.79 Å².